The van der Waals surface area contributed by atoms with Gasteiger partial charge in [-0.2, -0.15) is 9.97 Å². The summed E-state index contributed by atoms with van der Waals surface area (Å²) in [4.78, 5) is 12.3. The summed E-state index contributed by atoms with van der Waals surface area (Å²) in [6.45, 7) is 3.71. The van der Waals surface area contributed by atoms with Gasteiger partial charge in [-0.15, -0.1) is 0 Å². The van der Waals surface area contributed by atoms with Gasteiger partial charge in [0.2, 0.25) is 5.95 Å². The van der Waals surface area contributed by atoms with Crippen LogP contribution in [0.1, 0.15) is 11.6 Å². The summed E-state index contributed by atoms with van der Waals surface area (Å²) in [6.07, 6.45) is 0. The minimum Gasteiger partial charge on any atom is -0.221 e. The Labute approximate surface area is 92.8 Å². The molecule has 0 aliphatic heterocycles. The van der Waals surface area contributed by atoms with Crippen LogP contribution in [0, 0.1) is 13.8 Å². The lowest BCUT2D eigenvalue weighted by Crippen LogP contribution is -2.03. The first-order valence-corrected chi connectivity index (χ1v) is 4.83. The smallest absolute Gasteiger partial charge is 0.221 e. The lowest BCUT2D eigenvalue weighted by Gasteiger charge is -2.04. The van der Waals surface area contributed by atoms with Gasteiger partial charge in [-0.05, 0) is 13.8 Å². The average Bonchev–Trinajstić information content (AvgIpc) is 1.85. The first-order valence-electron chi connectivity index (χ1n) is 2.90. The van der Waals surface area contributed by atoms with E-state index < -0.39 is 0 Å². The Morgan fingerprint density at radius 1 is 1.00 bits per heavy atom. The highest BCUT2D eigenvalue weighted by molar-refractivity contribution is 14.2. The second kappa shape index (κ2) is 3.78. The SMILES string of the molecule is Cc1nc(C)nc(N(I)I)n1. The van der Waals surface area contributed by atoms with Crippen LogP contribution in [0.3, 0.4) is 0 Å². The lowest BCUT2D eigenvalue weighted by molar-refractivity contribution is 0.930. The zero-order chi connectivity index (χ0) is 8.43. The van der Waals surface area contributed by atoms with E-state index in [2.05, 4.69) is 60.7 Å². The monoisotopic (exact) mass is 376 g/mol. The van der Waals surface area contributed by atoms with Gasteiger partial charge >= 0.3 is 0 Å². The van der Waals surface area contributed by atoms with Crippen molar-refractivity contribution >= 4 is 51.7 Å². The standard InChI is InChI=1S/C5H6I2N4/c1-3-8-4(2)10-5(9-3)11(6)7/h1-2H3. The van der Waals surface area contributed by atoms with Crippen LogP contribution in [0.4, 0.5) is 5.95 Å². The van der Waals surface area contributed by atoms with Crippen LogP contribution in [-0.4, -0.2) is 15.0 Å². The molecule has 60 valence electrons. The molecular formula is C5H6I2N4. The number of hydrogen-bond acceptors (Lipinski definition) is 4. The fourth-order valence-electron chi connectivity index (χ4n) is 0.674. The Morgan fingerprint density at radius 2 is 1.45 bits per heavy atom. The molecule has 0 N–H and O–H groups in total. The van der Waals surface area contributed by atoms with Gasteiger partial charge in [0.05, 0.1) is 45.7 Å². The minimum absolute atomic E-state index is 0.691. The molecule has 0 fully saturated rings. The highest BCUT2D eigenvalue weighted by Crippen LogP contribution is 2.17. The predicted molar refractivity (Wildman–Crippen MR) is 59.8 cm³/mol. The van der Waals surface area contributed by atoms with Crippen LogP contribution in [-0.2, 0) is 0 Å². The van der Waals surface area contributed by atoms with E-state index in [9.17, 15) is 0 Å². The van der Waals surface area contributed by atoms with Gasteiger partial charge in [-0.25, -0.2) is 6.31 Å². The molecule has 1 rings (SSSR count). The first-order chi connectivity index (χ1) is 5.09. The van der Waals surface area contributed by atoms with E-state index in [-0.39, 0.29) is 0 Å². The average molecular weight is 376 g/mol. The van der Waals surface area contributed by atoms with Crippen molar-refractivity contribution in [3.8, 4) is 0 Å². The van der Waals surface area contributed by atoms with Crippen molar-refractivity contribution in [2.75, 3.05) is 1.33 Å². The second-order valence-corrected chi connectivity index (χ2v) is 5.74. The van der Waals surface area contributed by atoms with E-state index in [0.717, 1.165) is 11.6 Å². The summed E-state index contributed by atoms with van der Waals surface area (Å²) in [5.41, 5.74) is 0. The quantitative estimate of drug-likeness (QED) is 0.556. The highest BCUT2D eigenvalue weighted by Gasteiger charge is 2.03. The Kier molecular flexibility index (Phi) is 3.22. The Hall–Kier alpha value is 0.270. The van der Waals surface area contributed by atoms with E-state index in [1.807, 2.05) is 13.8 Å². The third-order valence-electron chi connectivity index (χ3n) is 0.998. The first kappa shape index (κ1) is 9.36. The van der Waals surface area contributed by atoms with Gasteiger partial charge < -0.3 is 0 Å². The minimum atomic E-state index is 0.691. The molecule has 0 saturated carbocycles. The molecule has 0 spiro atoms. The van der Waals surface area contributed by atoms with Gasteiger partial charge in [0.1, 0.15) is 11.6 Å². The van der Waals surface area contributed by atoms with Gasteiger partial charge in [-0.1, -0.05) is 0 Å². The van der Waals surface area contributed by atoms with Crippen LogP contribution in [0.15, 0.2) is 0 Å². The van der Waals surface area contributed by atoms with E-state index in [1.165, 1.54) is 0 Å². The van der Waals surface area contributed by atoms with Gasteiger partial charge in [0.25, 0.3) is 0 Å². The topological polar surface area (TPSA) is 41.9 Å². The zero-order valence-electron chi connectivity index (χ0n) is 6.04. The molecule has 11 heavy (non-hydrogen) atoms. The lowest BCUT2D eigenvalue weighted by atomic mass is 10.6. The van der Waals surface area contributed by atoms with Gasteiger partial charge in [0.15, 0.2) is 0 Å². The molecular weight excluding hydrogens is 370 g/mol. The molecule has 0 aliphatic carbocycles. The summed E-state index contributed by atoms with van der Waals surface area (Å²) in [7, 11) is 0. The predicted octanol–water partition coefficient (Wildman–Crippen LogP) is 1.99. The number of aromatic nitrogens is 3. The largest absolute Gasteiger partial charge is 0.247 e. The Bertz CT molecular complexity index is 242. The molecule has 6 heteroatoms. The molecule has 0 atom stereocenters. The number of anilines is 1. The van der Waals surface area contributed by atoms with Crippen molar-refractivity contribution < 1.29 is 0 Å². The molecule has 0 aliphatic rings. The number of hydrogen-bond donors (Lipinski definition) is 0. The number of halogens is 2. The summed E-state index contributed by atoms with van der Waals surface area (Å²) >= 11 is 4.22. The van der Waals surface area contributed by atoms with Crippen LogP contribution in [0.5, 0.6) is 0 Å². The summed E-state index contributed by atoms with van der Waals surface area (Å²) in [5, 5.41) is 0. The third kappa shape index (κ3) is 2.65. The van der Waals surface area contributed by atoms with Crippen LogP contribution in [0.25, 0.3) is 0 Å². The van der Waals surface area contributed by atoms with E-state index in [1.54, 1.807) is 1.33 Å². The Morgan fingerprint density at radius 3 is 1.82 bits per heavy atom. The second-order valence-electron chi connectivity index (χ2n) is 1.96. The molecule has 1 heterocycles. The zero-order valence-corrected chi connectivity index (χ0v) is 10.4. The van der Waals surface area contributed by atoms with Gasteiger partial charge in [-0.3, -0.25) is 0 Å². The normalized spacial score (nSPS) is 9.82. The molecule has 0 amide bonds. The molecule has 0 unspecified atom stereocenters. The number of nitrogens with zero attached hydrogens (tertiary/aromatic N) is 4. The van der Waals surface area contributed by atoms with E-state index in [0.29, 0.717) is 5.95 Å². The van der Waals surface area contributed by atoms with Crippen molar-refractivity contribution in [1.82, 2.24) is 15.0 Å². The summed E-state index contributed by atoms with van der Waals surface area (Å²) in [5.74, 6) is 2.20. The highest BCUT2D eigenvalue weighted by atomic mass is 127. The third-order valence-corrected chi connectivity index (χ3v) is 1.86. The van der Waals surface area contributed by atoms with Crippen molar-refractivity contribution in [3.63, 3.8) is 0 Å². The maximum atomic E-state index is 4.12. The number of aryl methyl sites for hydroxylation is 2. The van der Waals surface area contributed by atoms with Crippen molar-refractivity contribution in [2.45, 2.75) is 13.8 Å². The Balaban J connectivity index is 3.08. The molecule has 0 aromatic carbocycles. The van der Waals surface area contributed by atoms with Crippen molar-refractivity contribution in [1.29, 1.82) is 0 Å². The summed E-state index contributed by atoms with van der Waals surface area (Å²) in [6, 6.07) is 0. The van der Waals surface area contributed by atoms with E-state index in [4.69, 9.17) is 0 Å². The molecule has 0 bridgehead atoms. The molecule has 0 saturated heterocycles. The van der Waals surface area contributed by atoms with Crippen LogP contribution >= 0.6 is 45.7 Å². The van der Waals surface area contributed by atoms with Crippen LogP contribution in [0.2, 0.25) is 0 Å². The van der Waals surface area contributed by atoms with Gasteiger partial charge in [0, 0.05) is 0 Å². The molecule has 1 aromatic rings. The van der Waals surface area contributed by atoms with Crippen molar-refractivity contribution in [3.05, 3.63) is 11.6 Å². The maximum Gasteiger partial charge on any atom is 0.247 e. The molecule has 4 nitrogen and oxygen atoms in total. The maximum absolute atomic E-state index is 4.12. The summed E-state index contributed by atoms with van der Waals surface area (Å²) < 4.78 is 1.80. The van der Waals surface area contributed by atoms with Crippen molar-refractivity contribution in [2.24, 2.45) is 0 Å². The molecule has 0 radical (unpaired) electrons. The number of rotatable bonds is 1. The fraction of sp³-hybridized carbons (Fsp3) is 0.400. The van der Waals surface area contributed by atoms with E-state index >= 15 is 0 Å². The molecule has 1 aromatic heterocycles. The fourth-order valence-corrected chi connectivity index (χ4v) is 1.11. The van der Waals surface area contributed by atoms with Crippen LogP contribution < -0.4 is 1.33 Å².